The van der Waals surface area contributed by atoms with Crippen LogP contribution < -0.4 is 5.32 Å². The molecule has 1 amide bonds. The average Bonchev–Trinajstić information content (AvgIpc) is 2.19. The maximum Gasteiger partial charge on any atom is 0.255 e. The van der Waals surface area contributed by atoms with Crippen molar-refractivity contribution in [3.05, 3.63) is 16.6 Å². The number of carbonyl (C=O) groups excluding carboxylic acids is 1. The molecule has 16 heavy (non-hydrogen) atoms. The van der Waals surface area contributed by atoms with Crippen LogP contribution >= 0.6 is 15.9 Å². The number of aromatic nitrogens is 2. The Morgan fingerprint density at radius 2 is 2.31 bits per heavy atom. The molecule has 0 saturated heterocycles. The van der Waals surface area contributed by atoms with Gasteiger partial charge in [-0.15, -0.1) is 0 Å². The van der Waals surface area contributed by atoms with Crippen molar-refractivity contribution in [2.75, 3.05) is 5.32 Å². The Kier molecular flexibility index (Phi) is 3.57. The molecule has 0 aliphatic heterocycles. The van der Waals surface area contributed by atoms with Gasteiger partial charge in [0.25, 0.3) is 5.91 Å². The zero-order valence-electron chi connectivity index (χ0n) is 8.65. The molecule has 1 aromatic heterocycles. The Bertz CT molecular complexity index is 462. The van der Waals surface area contributed by atoms with Gasteiger partial charge in [0.15, 0.2) is 0 Å². The summed E-state index contributed by atoms with van der Waals surface area (Å²) in [5, 5.41) is 20.4. The van der Waals surface area contributed by atoms with Gasteiger partial charge in [-0.1, -0.05) is 0 Å². The number of hydrogen-bond donors (Lipinski definition) is 2. The van der Waals surface area contributed by atoms with Crippen molar-refractivity contribution in [3.8, 4) is 6.07 Å². The first-order valence-electron chi connectivity index (χ1n) is 4.31. The molecule has 0 atom stereocenters. The van der Waals surface area contributed by atoms with Crippen molar-refractivity contribution in [1.82, 2.24) is 9.97 Å². The molecule has 0 aliphatic carbocycles. The Balaban J connectivity index is 2.92. The van der Waals surface area contributed by atoms with Gasteiger partial charge in [-0.25, -0.2) is 9.97 Å². The van der Waals surface area contributed by atoms with Crippen LogP contribution in [0.3, 0.4) is 0 Å². The van der Waals surface area contributed by atoms with Crippen molar-refractivity contribution in [2.45, 2.75) is 19.4 Å². The van der Waals surface area contributed by atoms with E-state index in [0.29, 0.717) is 5.69 Å². The van der Waals surface area contributed by atoms with E-state index in [1.54, 1.807) is 6.07 Å². The van der Waals surface area contributed by atoms with Gasteiger partial charge in [-0.2, -0.15) is 5.26 Å². The highest BCUT2D eigenvalue weighted by Crippen LogP contribution is 2.19. The minimum atomic E-state index is -1.49. The van der Waals surface area contributed by atoms with Gasteiger partial charge in [0, 0.05) is 0 Å². The van der Waals surface area contributed by atoms with Crippen LogP contribution in [0.4, 0.5) is 5.69 Å². The maximum atomic E-state index is 11.4. The summed E-state index contributed by atoms with van der Waals surface area (Å²) in [6, 6.07) is 1.76. The molecular formula is C9H9BrN4O2. The summed E-state index contributed by atoms with van der Waals surface area (Å²) in [7, 11) is 0. The Morgan fingerprint density at radius 1 is 1.69 bits per heavy atom. The topological polar surface area (TPSA) is 98.9 Å². The van der Waals surface area contributed by atoms with Crippen LogP contribution in [-0.2, 0) is 4.79 Å². The van der Waals surface area contributed by atoms with E-state index in [2.05, 4.69) is 31.2 Å². The fraction of sp³-hybridized carbons (Fsp3) is 0.333. The summed E-state index contributed by atoms with van der Waals surface area (Å²) in [5.41, 5.74) is -1.20. The summed E-state index contributed by atoms with van der Waals surface area (Å²) in [4.78, 5) is 18.9. The summed E-state index contributed by atoms with van der Waals surface area (Å²) in [6.07, 6.45) is 1.29. The second kappa shape index (κ2) is 4.55. The number of nitrogens with one attached hydrogen (secondary N) is 1. The number of carbonyl (C=O) groups is 1. The van der Waals surface area contributed by atoms with Gasteiger partial charge in [0.05, 0.1) is 11.9 Å². The molecule has 0 bridgehead atoms. The highest BCUT2D eigenvalue weighted by molar-refractivity contribution is 9.10. The highest BCUT2D eigenvalue weighted by Gasteiger charge is 2.24. The third-order valence-electron chi connectivity index (χ3n) is 1.65. The number of anilines is 1. The molecule has 0 saturated carbocycles. The van der Waals surface area contributed by atoms with Crippen molar-refractivity contribution >= 4 is 27.5 Å². The predicted molar refractivity (Wildman–Crippen MR) is 59.4 cm³/mol. The summed E-state index contributed by atoms with van der Waals surface area (Å²) in [6.45, 7) is 2.72. The zero-order chi connectivity index (χ0) is 12.3. The monoisotopic (exact) mass is 284 g/mol. The number of nitriles is 1. The van der Waals surface area contributed by atoms with E-state index in [1.165, 1.54) is 20.0 Å². The first-order valence-corrected chi connectivity index (χ1v) is 5.10. The van der Waals surface area contributed by atoms with E-state index < -0.39 is 11.5 Å². The second-order valence-electron chi connectivity index (χ2n) is 3.52. The first kappa shape index (κ1) is 12.5. The third-order valence-corrected chi connectivity index (χ3v) is 2.25. The summed E-state index contributed by atoms with van der Waals surface area (Å²) < 4.78 is 0.289. The van der Waals surface area contributed by atoms with Crippen LogP contribution in [0.1, 0.15) is 19.7 Å². The van der Waals surface area contributed by atoms with Gasteiger partial charge in [0.1, 0.15) is 16.3 Å². The minimum absolute atomic E-state index is 0.00636. The highest BCUT2D eigenvalue weighted by atomic mass is 79.9. The molecule has 84 valence electrons. The molecule has 0 aliphatic rings. The van der Waals surface area contributed by atoms with E-state index >= 15 is 0 Å². The molecule has 0 unspecified atom stereocenters. The summed E-state index contributed by atoms with van der Waals surface area (Å²) in [5.74, 6) is -0.588. The van der Waals surface area contributed by atoms with Crippen molar-refractivity contribution in [3.63, 3.8) is 0 Å². The standard InChI is InChI=1S/C9H9BrN4O2/c1-9(2,16)8(15)13-5-4-12-6(3-11)14-7(5)10/h4,16H,1-2H3,(H,13,15). The van der Waals surface area contributed by atoms with E-state index in [1.807, 2.05) is 0 Å². The van der Waals surface area contributed by atoms with Crippen molar-refractivity contribution in [1.29, 1.82) is 5.26 Å². The molecule has 0 radical (unpaired) electrons. The number of nitrogens with zero attached hydrogens (tertiary/aromatic N) is 3. The molecule has 0 fully saturated rings. The SMILES string of the molecule is CC(C)(O)C(=O)Nc1cnc(C#N)nc1Br. The van der Waals surface area contributed by atoms with E-state index in [0.717, 1.165) is 0 Å². The molecule has 1 aromatic rings. The molecule has 2 N–H and O–H groups in total. The van der Waals surface area contributed by atoms with Gasteiger partial charge in [-0.05, 0) is 29.8 Å². The Labute approximate surface area is 100 Å². The van der Waals surface area contributed by atoms with Crippen LogP contribution in [0.5, 0.6) is 0 Å². The largest absolute Gasteiger partial charge is 0.381 e. The number of rotatable bonds is 2. The lowest BCUT2D eigenvalue weighted by Crippen LogP contribution is -2.36. The van der Waals surface area contributed by atoms with Crippen molar-refractivity contribution in [2.24, 2.45) is 0 Å². The van der Waals surface area contributed by atoms with Crippen LogP contribution in [-0.4, -0.2) is 26.6 Å². The quantitative estimate of drug-likeness (QED) is 0.784. The number of hydrogen-bond acceptors (Lipinski definition) is 5. The fourth-order valence-corrected chi connectivity index (χ4v) is 1.14. The molecule has 1 heterocycles. The van der Waals surface area contributed by atoms with E-state index in [-0.39, 0.29) is 10.4 Å². The molecular weight excluding hydrogens is 276 g/mol. The predicted octanol–water partition coefficient (Wildman–Crippen LogP) is 0.820. The molecule has 7 heteroatoms. The van der Waals surface area contributed by atoms with Crippen LogP contribution in [0.15, 0.2) is 10.8 Å². The minimum Gasteiger partial charge on any atom is -0.381 e. The zero-order valence-corrected chi connectivity index (χ0v) is 10.2. The first-order chi connectivity index (χ1) is 7.34. The maximum absolute atomic E-state index is 11.4. The summed E-state index contributed by atoms with van der Waals surface area (Å²) >= 11 is 3.08. The Hall–Kier alpha value is -1.52. The molecule has 0 aromatic carbocycles. The van der Waals surface area contributed by atoms with Crippen LogP contribution in [0, 0.1) is 11.3 Å². The lowest BCUT2D eigenvalue weighted by Gasteiger charge is -2.16. The number of halogens is 1. The van der Waals surface area contributed by atoms with E-state index in [4.69, 9.17) is 5.26 Å². The normalized spacial score (nSPS) is 10.7. The second-order valence-corrected chi connectivity index (χ2v) is 4.27. The fourth-order valence-electron chi connectivity index (χ4n) is 0.774. The Morgan fingerprint density at radius 3 is 2.75 bits per heavy atom. The van der Waals surface area contributed by atoms with Crippen LogP contribution in [0.2, 0.25) is 0 Å². The lowest BCUT2D eigenvalue weighted by atomic mass is 10.1. The smallest absolute Gasteiger partial charge is 0.255 e. The van der Waals surface area contributed by atoms with Gasteiger partial charge < -0.3 is 10.4 Å². The molecule has 1 rings (SSSR count). The lowest BCUT2D eigenvalue weighted by molar-refractivity contribution is -0.130. The molecule has 0 spiro atoms. The van der Waals surface area contributed by atoms with Crippen molar-refractivity contribution < 1.29 is 9.90 Å². The van der Waals surface area contributed by atoms with E-state index in [9.17, 15) is 9.90 Å². The molecule has 6 nitrogen and oxygen atoms in total. The van der Waals surface area contributed by atoms with Gasteiger partial charge in [-0.3, -0.25) is 4.79 Å². The van der Waals surface area contributed by atoms with Crippen LogP contribution in [0.25, 0.3) is 0 Å². The number of amides is 1. The third kappa shape index (κ3) is 2.98. The van der Waals surface area contributed by atoms with Gasteiger partial charge >= 0.3 is 0 Å². The number of aliphatic hydroxyl groups is 1. The average molecular weight is 285 g/mol. The van der Waals surface area contributed by atoms with Gasteiger partial charge in [0.2, 0.25) is 5.82 Å².